The number of nitrogens with zero attached hydrogens (tertiary/aromatic N) is 3. The van der Waals surface area contributed by atoms with E-state index in [9.17, 15) is 14.4 Å². The van der Waals surface area contributed by atoms with Crippen LogP contribution in [-0.2, 0) is 26.1 Å². The van der Waals surface area contributed by atoms with Crippen LogP contribution in [0.4, 0.5) is 0 Å². The van der Waals surface area contributed by atoms with Crippen molar-refractivity contribution in [3.8, 4) is 28.7 Å². The van der Waals surface area contributed by atoms with E-state index in [1.165, 1.54) is 29.5 Å². The summed E-state index contributed by atoms with van der Waals surface area (Å²) in [6.45, 7) is 7.72. The molecule has 0 atom stereocenters. The fourth-order valence-electron chi connectivity index (χ4n) is 7.57. The Hall–Kier alpha value is -7.12. The lowest BCUT2D eigenvalue weighted by Crippen LogP contribution is -2.48. The molecule has 2 aliphatic heterocycles. The number of aromatic nitrogens is 2. The molecule has 0 bridgehead atoms. The van der Waals surface area contributed by atoms with E-state index in [1.54, 1.807) is 42.3 Å². The molecule has 4 aromatic carbocycles. The number of pyridine rings is 2. The minimum atomic E-state index is -0.180. The van der Waals surface area contributed by atoms with Crippen LogP contribution in [-0.4, -0.2) is 90.3 Å². The van der Waals surface area contributed by atoms with Crippen LogP contribution in [0, 0.1) is 0 Å². The first-order chi connectivity index (χ1) is 31.7. The molecule has 0 saturated carbocycles. The lowest BCUT2D eigenvalue weighted by Gasteiger charge is -2.39. The molecule has 2 N–H and O–H groups in total. The van der Waals surface area contributed by atoms with Crippen molar-refractivity contribution in [3.63, 3.8) is 0 Å². The highest BCUT2D eigenvalue weighted by atomic mass is 16.5. The number of hydrogen-bond acceptors (Lipinski definition) is 10. The minimum absolute atomic E-state index is 0.0846. The second-order valence-corrected chi connectivity index (χ2v) is 15.9. The number of nitrogens with one attached hydrogen (secondary N) is 1. The van der Waals surface area contributed by atoms with Gasteiger partial charge in [-0.05, 0) is 76.6 Å². The zero-order chi connectivity index (χ0) is 45.7. The Balaban J connectivity index is 0.000000195. The molecule has 2 saturated heterocycles. The molecule has 0 unspecified atom stereocenters. The minimum Gasteiger partial charge on any atom is -0.493 e. The van der Waals surface area contributed by atoms with Gasteiger partial charge in [0, 0.05) is 68.6 Å². The number of H-pyrrole nitrogens is 1. The van der Waals surface area contributed by atoms with Crippen LogP contribution in [0.3, 0.4) is 0 Å². The number of benzene rings is 4. The van der Waals surface area contributed by atoms with Crippen LogP contribution >= 0.6 is 0 Å². The zero-order valence-corrected chi connectivity index (χ0v) is 37.3. The third kappa shape index (κ3) is 11.7. The molecule has 2 amide bonds. The maximum Gasteiger partial charge on any atom is 0.272 e. The highest BCUT2D eigenvalue weighted by Crippen LogP contribution is 2.37. The molecule has 338 valence electrons. The summed E-state index contributed by atoms with van der Waals surface area (Å²) in [5.41, 5.74) is 7.50. The molecule has 0 radical (unpaired) electrons. The number of ether oxygens (including phenoxy) is 5. The Morgan fingerprint density at radius 3 is 1.62 bits per heavy atom. The molecule has 13 nitrogen and oxygen atoms in total. The second-order valence-electron chi connectivity index (χ2n) is 15.9. The number of methoxy groups -OCH3 is 2. The Bertz CT molecular complexity index is 2580. The summed E-state index contributed by atoms with van der Waals surface area (Å²) in [6.07, 6.45) is 5.07. The van der Waals surface area contributed by atoms with Crippen LogP contribution in [0.5, 0.6) is 28.7 Å². The second kappa shape index (κ2) is 22.0. The van der Waals surface area contributed by atoms with E-state index >= 15 is 0 Å². The smallest absolute Gasteiger partial charge is 0.272 e. The molecule has 6 aromatic rings. The number of aromatic amines is 1. The number of aliphatic hydroxyl groups excluding tert-OH is 1. The lowest BCUT2D eigenvalue weighted by atomic mass is 9.91. The zero-order valence-electron chi connectivity index (χ0n) is 37.3. The van der Waals surface area contributed by atoms with Gasteiger partial charge in [0.25, 0.3) is 11.8 Å². The van der Waals surface area contributed by atoms with Gasteiger partial charge in [-0.15, -0.1) is 0 Å². The monoisotopic (exact) mass is 880 g/mol. The first-order valence-electron chi connectivity index (χ1n) is 21.9. The Labute approximate surface area is 379 Å². The largest absolute Gasteiger partial charge is 0.493 e. The molecular formula is C52H56N4O9. The predicted octanol–water partition coefficient (Wildman–Crippen LogP) is 7.61. The van der Waals surface area contributed by atoms with Crippen LogP contribution in [0.25, 0.3) is 0 Å². The van der Waals surface area contributed by atoms with Crippen molar-refractivity contribution >= 4 is 11.8 Å². The van der Waals surface area contributed by atoms with Gasteiger partial charge >= 0.3 is 0 Å². The maximum absolute atomic E-state index is 12.8. The van der Waals surface area contributed by atoms with Crippen LogP contribution in [0.15, 0.2) is 126 Å². The third-order valence-corrected chi connectivity index (χ3v) is 11.6. The van der Waals surface area contributed by atoms with Crippen molar-refractivity contribution in [1.82, 2.24) is 19.8 Å². The van der Waals surface area contributed by atoms with Crippen LogP contribution < -0.4 is 29.1 Å². The predicted molar refractivity (Wildman–Crippen MR) is 247 cm³/mol. The average molecular weight is 881 g/mol. The van der Waals surface area contributed by atoms with Gasteiger partial charge in [0.1, 0.15) is 37.0 Å². The molecule has 4 heterocycles. The van der Waals surface area contributed by atoms with Crippen molar-refractivity contribution in [1.29, 1.82) is 0 Å². The van der Waals surface area contributed by atoms with E-state index in [-0.39, 0.29) is 42.3 Å². The van der Waals surface area contributed by atoms with Crippen molar-refractivity contribution < 1.29 is 38.4 Å². The number of amides is 2. The molecule has 0 spiro atoms. The summed E-state index contributed by atoms with van der Waals surface area (Å²) >= 11 is 0. The molecule has 8 rings (SSSR count). The highest BCUT2D eigenvalue weighted by molar-refractivity contribution is 5.93. The number of hydrogen-bond donors (Lipinski definition) is 2. The fourth-order valence-corrected chi connectivity index (χ4v) is 7.57. The number of aliphatic hydroxyl groups is 1. The molecule has 2 aliphatic rings. The Kier molecular flexibility index (Phi) is 15.5. The van der Waals surface area contributed by atoms with Crippen molar-refractivity contribution in [3.05, 3.63) is 177 Å². The quantitative estimate of drug-likeness (QED) is 0.0937. The fraction of sp³-hybridized carbons (Fsp3) is 0.308. The number of likely N-dealkylation sites (tertiary alicyclic amines) is 2. The van der Waals surface area contributed by atoms with Crippen molar-refractivity contribution in [2.75, 3.05) is 53.6 Å². The molecule has 2 aromatic heterocycles. The van der Waals surface area contributed by atoms with E-state index in [2.05, 4.69) is 72.3 Å². The molecule has 2 fully saturated rings. The molecular weight excluding hydrogens is 825 g/mol. The van der Waals surface area contributed by atoms with Gasteiger partial charge in [-0.1, -0.05) is 74.5 Å². The standard InChI is InChI=1S/C27H30N2O5.C25H26N2O4/c1-3-19-4-6-20(7-5-19)18-34-25-9-8-21(14-26(25)32-2)22-16-29(17-22)27(31)24-15-23(10-11-28-24)33-13-12-30;1-3-17-4-6-18(7-5-17)16-31-23-9-8-19(12-24(23)30-2)20-14-27(15-20)25(29)22-13-21(28)10-11-26-22/h4-11,14-15,22,30H,3,12-13,16-18H2,1-2H3;4-13,20H,3,14-16H2,1-2H3,(H,26,28). The van der Waals surface area contributed by atoms with Gasteiger partial charge in [0.05, 0.1) is 20.8 Å². The Morgan fingerprint density at radius 1 is 0.631 bits per heavy atom. The topological polar surface area (TPSA) is 153 Å². The van der Waals surface area contributed by atoms with E-state index < -0.39 is 0 Å². The van der Waals surface area contributed by atoms with Crippen LogP contribution in [0.1, 0.15) is 80.0 Å². The molecule has 0 aliphatic carbocycles. The third-order valence-electron chi connectivity index (χ3n) is 11.6. The van der Waals surface area contributed by atoms with E-state index in [0.29, 0.717) is 79.5 Å². The summed E-state index contributed by atoms with van der Waals surface area (Å²) in [4.78, 5) is 47.3. The van der Waals surface area contributed by atoms with Crippen molar-refractivity contribution in [2.45, 2.75) is 51.7 Å². The number of carbonyl (C=O) groups excluding carboxylic acids is 2. The number of aryl methyl sites for hydroxylation is 2. The molecule has 65 heavy (non-hydrogen) atoms. The summed E-state index contributed by atoms with van der Waals surface area (Å²) in [7, 11) is 3.26. The van der Waals surface area contributed by atoms with E-state index in [0.717, 1.165) is 35.1 Å². The van der Waals surface area contributed by atoms with E-state index in [1.807, 2.05) is 36.4 Å². The van der Waals surface area contributed by atoms with Gasteiger partial charge in [0.2, 0.25) is 0 Å². The first-order valence-corrected chi connectivity index (χ1v) is 21.9. The van der Waals surface area contributed by atoms with Gasteiger partial charge in [-0.2, -0.15) is 0 Å². The SMILES string of the molecule is CCc1ccc(COc2ccc(C3CN(C(=O)c4cc(=O)cc[nH]4)C3)cc2OC)cc1.CCc1ccc(COc2ccc(C3CN(C(=O)c4cc(OCCO)ccn4)C3)cc2OC)cc1. The normalized spacial score (nSPS) is 13.4. The van der Waals surface area contributed by atoms with Gasteiger partial charge in [0.15, 0.2) is 28.4 Å². The summed E-state index contributed by atoms with van der Waals surface area (Å²) in [6, 6.07) is 34.7. The summed E-state index contributed by atoms with van der Waals surface area (Å²) < 4.78 is 28.5. The summed E-state index contributed by atoms with van der Waals surface area (Å²) in [5, 5.41) is 8.90. The highest BCUT2D eigenvalue weighted by Gasteiger charge is 2.34. The number of carbonyl (C=O) groups is 2. The van der Waals surface area contributed by atoms with Gasteiger partial charge in [-0.25, -0.2) is 0 Å². The summed E-state index contributed by atoms with van der Waals surface area (Å²) in [5.74, 6) is 3.43. The van der Waals surface area contributed by atoms with Gasteiger partial charge in [-0.3, -0.25) is 19.4 Å². The maximum atomic E-state index is 12.8. The average Bonchev–Trinajstić information content (AvgIpc) is 3.31. The Morgan fingerprint density at radius 2 is 1.14 bits per heavy atom. The molecule has 13 heteroatoms. The van der Waals surface area contributed by atoms with Crippen LogP contribution in [0.2, 0.25) is 0 Å². The van der Waals surface area contributed by atoms with Crippen molar-refractivity contribution in [2.24, 2.45) is 0 Å². The van der Waals surface area contributed by atoms with Gasteiger partial charge < -0.3 is 43.6 Å². The first kappa shape index (κ1) is 45.9. The lowest BCUT2D eigenvalue weighted by molar-refractivity contribution is 0.0589. The van der Waals surface area contributed by atoms with E-state index in [4.69, 9.17) is 28.8 Å². The number of rotatable bonds is 17.